The van der Waals surface area contributed by atoms with Gasteiger partial charge in [0.05, 0.1) is 23.8 Å². The molecule has 0 atom stereocenters. The molecule has 0 saturated heterocycles. The number of hydrazone groups is 1. The third-order valence-corrected chi connectivity index (χ3v) is 4.63. The van der Waals surface area contributed by atoms with Crippen molar-refractivity contribution < 1.29 is 18.9 Å². The summed E-state index contributed by atoms with van der Waals surface area (Å²) in [5.74, 6) is 0.690. The van der Waals surface area contributed by atoms with E-state index < -0.39 is 10.8 Å². The van der Waals surface area contributed by atoms with Crippen LogP contribution in [0.3, 0.4) is 0 Å². The maximum absolute atomic E-state index is 12.3. The van der Waals surface area contributed by atoms with Crippen LogP contribution in [0, 0.1) is 10.1 Å². The van der Waals surface area contributed by atoms with Gasteiger partial charge in [0.2, 0.25) is 0 Å². The summed E-state index contributed by atoms with van der Waals surface area (Å²) in [6.07, 6.45) is 1.32. The number of furan rings is 1. The highest BCUT2D eigenvalue weighted by atomic mass is 79.9. The molecule has 0 aliphatic carbocycles. The number of amides is 1. The van der Waals surface area contributed by atoms with Crippen molar-refractivity contribution >= 4 is 45.3 Å². The molecule has 1 aromatic heterocycles. The zero-order chi connectivity index (χ0) is 21.0. The fraction of sp³-hybridized carbons (Fsp3) is 0.0526. The Kier molecular flexibility index (Phi) is 6.30. The van der Waals surface area contributed by atoms with Crippen molar-refractivity contribution in [1.82, 2.24) is 5.43 Å². The summed E-state index contributed by atoms with van der Waals surface area (Å²) in [6.45, 7) is 0. The van der Waals surface area contributed by atoms with E-state index in [4.69, 9.17) is 20.8 Å². The number of carbonyl (C=O) groups excluding carboxylic acids is 1. The molecule has 1 heterocycles. The Bertz CT molecular complexity index is 1110. The highest BCUT2D eigenvalue weighted by Crippen LogP contribution is 2.31. The topological polar surface area (TPSA) is 107 Å². The van der Waals surface area contributed by atoms with Gasteiger partial charge in [-0.1, -0.05) is 27.5 Å². The minimum atomic E-state index is -0.567. The number of hydrogen-bond acceptors (Lipinski definition) is 6. The summed E-state index contributed by atoms with van der Waals surface area (Å²) in [5, 5.41) is 14.9. The Balaban J connectivity index is 1.73. The first-order valence-electron chi connectivity index (χ1n) is 8.10. The van der Waals surface area contributed by atoms with Gasteiger partial charge in [-0.2, -0.15) is 5.10 Å². The molecule has 10 heteroatoms. The molecule has 0 bridgehead atoms. The lowest BCUT2D eigenvalue weighted by molar-refractivity contribution is -0.384. The van der Waals surface area contributed by atoms with E-state index in [9.17, 15) is 14.9 Å². The molecule has 1 N–H and O–H groups in total. The standard InChI is InChI=1S/C19H13BrClN3O5/c1-28-18-6-3-12(20)9-14(18)19(25)23-22-10-13-4-7-17(29-13)11-2-5-15(21)16(8-11)24(26)27/h2-10H,1H3,(H,23,25)/b22-10+. The largest absolute Gasteiger partial charge is 0.496 e. The van der Waals surface area contributed by atoms with Crippen molar-refractivity contribution in [1.29, 1.82) is 0 Å². The van der Waals surface area contributed by atoms with Crippen LogP contribution in [0.4, 0.5) is 5.69 Å². The Morgan fingerprint density at radius 1 is 1.28 bits per heavy atom. The molecular formula is C19H13BrClN3O5. The van der Waals surface area contributed by atoms with E-state index in [0.29, 0.717) is 28.4 Å². The average Bonchev–Trinajstić information content (AvgIpc) is 3.17. The molecule has 29 heavy (non-hydrogen) atoms. The van der Waals surface area contributed by atoms with Gasteiger partial charge in [0.25, 0.3) is 11.6 Å². The molecule has 0 radical (unpaired) electrons. The van der Waals surface area contributed by atoms with Crippen molar-refractivity contribution in [2.45, 2.75) is 0 Å². The first-order valence-corrected chi connectivity index (χ1v) is 9.27. The second kappa shape index (κ2) is 8.89. The first-order chi connectivity index (χ1) is 13.9. The summed E-state index contributed by atoms with van der Waals surface area (Å²) < 4.78 is 11.5. The van der Waals surface area contributed by atoms with Gasteiger partial charge in [0.15, 0.2) is 0 Å². The molecule has 0 aliphatic heterocycles. The number of halogens is 2. The number of nitro benzene ring substituents is 1. The second-order valence-corrected chi connectivity index (χ2v) is 6.99. The van der Waals surface area contributed by atoms with Gasteiger partial charge in [0.1, 0.15) is 22.3 Å². The minimum Gasteiger partial charge on any atom is -0.496 e. The summed E-state index contributed by atoms with van der Waals surface area (Å²) in [4.78, 5) is 22.7. The fourth-order valence-electron chi connectivity index (χ4n) is 2.46. The van der Waals surface area contributed by atoms with E-state index in [0.717, 1.165) is 4.47 Å². The number of nitrogens with zero attached hydrogens (tertiary/aromatic N) is 2. The number of nitrogens with one attached hydrogen (secondary N) is 1. The van der Waals surface area contributed by atoms with Crippen LogP contribution < -0.4 is 10.2 Å². The van der Waals surface area contributed by atoms with Crippen LogP contribution in [0.5, 0.6) is 5.75 Å². The summed E-state index contributed by atoms with van der Waals surface area (Å²) in [5.41, 5.74) is 2.98. The molecule has 148 valence electrons. The van der Waals surface area contributed by atoms with E-state index in [2.05, 4.69) is 26.5 Å². The van der Waals surface area contributed by atoms with Crippen molar-refractivity contribution in [2.75, 3.05) is 7.11 Å². The maximum Gasteiger partial charge on any atom is 0.288 e. The zero-order valence-electron chi connectivity index (χ0n) is 14.9. The molecule has 3 rings (SSSR count). The van der Waals surface area contributed by atoms with Crippen LogP contribution in [-0.4, -0.2) is 24.2 Å². The maximum atomic E-state index is 12.3. The second-order valence-electron chi connectivity index (χ2n) is 5.67. The number of carbonyl (C=O) groups is 1. The third kappa shape index (κ3) is 4.82. The fourth-order valence-corrected chi connectivity index (χ4v) is 3.00. The summed E-state index contributed by atoms with van der Waals surface area (Å²) in [7, 11) is 1.47. The third-order valence-electron chi connectivity index (χ3n) is 3.82. The van der Waals surface area contributed by atoms with Crippen LogP contribution in [0.25, 0.3) is 11.3 Å². The lowest BCUT2D eigenvalue weighted by Gasteiger charge is -2.07. The van der Waals surface area contributed by atoms with Crippen LogP contribution in [-0.2, 0) is 0 Å². The van der Waals surface area contributed by atoms with Crippen molar-refractivity contribution in [3.63, 3.8) is 0 Å². The Morgan fingerprint density at radius 2 is 2.07 bits per heavy atom. The molecule has 2 aromatic carbocycles. The van der Waals surface area contributed by atoms with Crippen molar-refractivity contribution in [3.8, 4) is 17.1 Å². The van der Waals surface area contributed by atoms with Crippen molar-refractivity contribution in [2.24, 2.45) is 5.10 Å². The number of methoxy groups -OCH3 is 1. The smallest absolute Gasteiger partial charge is 0.288 e. The quantitative estimate of drug-likeness (QED) is 0.303. The van der Waals surface area contributed by atoms with Crippen LogP contribution in [0.15, 0.2) is 62.5 Å². The van der Waals surface area contributed by atoms with Crippen LogP contribution in [0.1, 0.15) is 16.1 Å². The molecule has 3 aromatic rings. The number of benzene rings is 2. The molecule has 0 fully saturated rings. The predicted octanol–water partition coefficient (Wildman–Crippen LogP) is 5.04. The normalized spacial score (nSPS) is 10.9. The minimum absolute atomic E-state index is 0.0396. The molecule has 8 nitrogen and oxygen atoms in total. The van der Waals surface area contributed by atoms with Crippen LogP contribution in [0.2, 0.25) is 5.02 Å². The first kappa shape index (κ1) is 20.6. The zero-order valence-corrected chi connectivity index (χ0v) is 17.2. The highest BCUT2D eigenvalue weighted by Gasteiger charge is 2.15. The SMILES string of the molecule is COc1ccc(Br)cc1C(=O)N/N=C/c1ccc(-c2ccc(Cl)c([N+](=O)[O-])c2)o1. The van der Waals surface area contributed by atoms with E-state index in [1.807, 2.05) is 0 Å². The molecule has 0 saturated carbocycles. The summed E-state index contributed by atoms with van der Waals surface area (Å²) >= 11 is 9.12. The van der Waals surface area contributed by atoms with Gasteiger partial charge in [-0.3, -0.25) is 14.9 Å². The lowest BCUT2D eigenvalue weighted by atomic mass is 10.1. The van der Waals surface area contributed by atoms with E-state index in [1.165, 1.54) is 25.5 Å². The molecule has 0 aliphatic rings. The Morgan fingerprint density at radius 3 is 2.79 bits per heavy atom. The number of rotatable bonds is 6. The molecule has 1 amide bonds. The van der Waals surface area contributed by atoms with Gasteiger partial charge >= 0.3 is 0 Å². The number of ether oxygens (including phenoxy) is 1. The van der Waals surface area contributed by atoms with Gasteiger partial charge in [0, 0.05) is 16.1 Å². The van der Waals surface area contributed by atoms with Gasteiger partial charge in [-0.25, -0.2) is 5.43 Å². The van der Waals surface area contributed by atoms with Gasteiger partial charge in [-0.05, 0) is 42.5 Å². The highest BCUT2D eigenvalue weighted by molar-refractivity contribution is 9.10. The van der Waals surface area contributed by atoms with Crippen molar-refractivity contribution in [3.05, 3.63) is 79.5 Å². The number of nitro groups is 1. The van der Waals surface area contributed by atoms with Crippen LogP contribution >= 0.6 is 27.5 Å². The van der Waals surface area contributed by atoms with Gasteiger partial charge < -0.3 is 9.15 Å². The molecular weight excluding hydrogens is 466 g/mol. The van der Waals surface area contributed by atoms with E-state index in [-0.39, 0.29) is 10.7 Å². The monoisotopic (exact) mass is 477 g/mol. The Hall–Kier alpha value is -3.17. The van der Waals surface area contributed by atoms with E-state index >= 15 is 0 Å². The predicted molar refractivity (Wildman–Crippen MR) is 112 cm³/mol. The van der Waals surface area contributed by atoms with E-state index in [1.54, 1.807) is 36.4 Å². The number of hydrogen-bond donors (Lipinski definition) is 1. The average molecular weight is 479 g/mol. The lowest BCUT2D eigenvalue weighted by Crippen LogP contribution is -2.18. The summed E-state index contributed by atoms with van der Waals surface area (Å²) in [6, 6.07) is 12.6. The molecule has 0 unspecified atom stereocenters. The molecule has 0 spiro atoms. The van der Waals surface area contributed by atoms with Gasteiger partial charge in [-0.15, -0.1) is 0 Å². The Labute approximate surface area is 178 Å².